The first-order valence-electron chi connectivity index (χ1n) is 5.40. The predicted octanol–water partition coefficient (Wildman–Crippen LogP) is 3.03. The number of hydrogen-bond acceptors (Lipinski definition) is 2. The van der Waals surface area contributed by atoms with Crippen molar-refractivity contribution in [3.8, 4) is 0 Å². The van der Waals surface area contributed by atoms with Crippen LogP contribution in [0.3, 0.4) is 0 Å². The van der Waals surface area contributed by atoms with Crippen LogP contribution in [0.15, 0.2) is 0 Å². The maximum Gasteiger partial charge on any atom is 0.191 e. The van der Waals surface area contributed by atoms with Crippen molar-refractivity contribution in [3.63, 3.8) is 0 Å². The lowest BCUT2D eigenvalue weighted by Gasteiger charge is -2.37. The van der Waals surface area contributed by atoms with Gasteiger partial charge in [0.2, 0.25) is 0 Å². The summed E-state index contributed by atoms with van der Waals surface area (Å²) < 4.78 is 6.00. The highest BCUT2D eigenvalue weighted by molar-refractivity contribution is 6.74. The van der Waals surface area contributed by atoms with Gasteiger partial charge in [-0.25, -0.2) is 0 Å². The molecular formula is C11H26O2Si. The molecule has 0 spiro atoms. The van der Waals surface area contributed by atoms with Gasteiger partial charge in [0.25, 0.3) is 0 Å². The number of aliphatic hydroxyl groups is 1. The third kappa shape index (κ3) is 4.11. The van der Waals surface area contributed by atoms with Crippen molar-refractivity contribution in [3.05, 3.63) is 0 Å². The van der Waals surface area contributed by atoms with Crippen LogP contribution in [0.4, 0.5) is 0 Å². The van der Waals surface area contributed by atoms with Crippen LogP contribution in [0.2, 0.25) is 18.1 Å². The van der Waals surface area contributed by atoms with Crippen LogP contribution < -0.4 is 0 Å². The van der Waals surface area contributed by atoms with Crippen LogP contribution in [0.1, 0.15) is 34.6 Å². The Kier molecular flexibility index (Phi) is 4.82. The van der Waals surface area contributed by atoms with Crippen LogP contribution in [0.25, 0.3) is 0 Å². The Balaban J connectivity index is 4.13. The molecule has 2 nitrogen and oxygen atoms in total. The molecule has 0 unspecified atom stereocenters. The molecule has 0 saturated carbocycles. The molecule has 2 atom stereocenters. The molecule has 0 radical (unpaired) electrons. The molecule has 0 heterocycles. The Morgan fingerprint density at radius 3 is 1.93 bits per heavy atom. The summed E-state index contributed by atoms with van der Waals surface area (Å²) in [4.78, 5) is 0. The molecule has 1 N–H and O–H groups in total. The largest absolute Gasteiger partial charge is 0.416 e. The Bertz CT molecular complexity index is 171. The molecule has 0 aliphatic rings. The normalized spacial score (nSPS) is 18.0. The number of rotatable bonds is 4. The molecule has 0 rings (SSSR count). The van der Waals surface area contributed by atoms with Crippen molar-refractivity contribution < 1.29 is 9.53 Å². The van der Waals surface area contributed by atoms with Crippen molar-refractivity contribution in [2.45, 2.75) is 58.9 Å². The Hall–Kier alpha value is 0.137. The van der Waals surface area contributed by atoms with Gasteiger partial charge in [0, 0.05) is 12.5 Å². The molecule has 0 aliphatic heterocycles. The average molecular weight is 218 g/mol. The Morgan fingerprint density at radius 1 is 1.21 bits per heavy atom. The molecule has 0 bridgehead atoms. The van der Waals surface area contributed by atoms with E-state index < -0.39 is 8.32 Å². The van der Waals surface area contributed by atoms with Crippen molar-refractivity contribution >= 4 is 8.32 Å². The summed E-state index contributed by atoms with van der Waals surface area (Å²) in [6.45, 7) is 15.7. The van der Waals surface area contributed by atoms with Gasteiger partial charge in [0.1, 0.15) is 0 Å². The van der Waals surface area contributed by atoms with Crippen LogP contribution in [0, 0.1) is 5.92 Å². The minimum absolute atomic E-state index is 0.226. The molecule has 0 fully saturated rings. The zero-order valence-corrected chi connectivity index (χ0v) is 11.7. The van der Waals surface area contributed by atoms with E-state index in [1.165, 1.54) is 0 Å². The van der Waals surface area contributed by atoms with Gasteiger partial charge in [-0.3, -0.25) is 0 Å². The number of aliphatic hydroxyl groups excluding tert-OH is 1. The second kappa shape index (κ2) is 4.77. The maximum absolute atomic E-state index is 9.36. The van der Waals surface area contributed by atoms with Crippen LogP contribution in [0.5, 0.6) is 0 Å². The lowest BCUT2D eigenvalue weighted by molar-refractivity contribution is 0.0944. The lowest BCUT2D eigenvalue weighted by atomic mass is 10.1. The minimum Gasteiger partial charge on any atom is -0.416 e. The van der Waals surface area contributed by atoms with E-state index in [-0.39, 0.29) is 17.1 Å². The van der Waals surface area contributed by atoms with E-state index >= 15 is 0 Å². The van der Waals surface area contributed by atoms with Gasteiger partial charge in [-0.05, 0) is 25.1 Å². The van der Waals surface area contributed by atoms with Crippen LogP contribution in [-0.2, 0) is 4.43 Å². The van der Waals surface area contributed by atoms with Gasteiger partial charge in [-0.2, -0.15) is 0 Å². The summed E-state index contributed by atoms with van der Waals surface area (Å²) in [6.07, 6.45) is -0.278. The van der Waals surface area contributed by atoms with E-state index in [1.54, 1.807) is 0 Å². The summed E-state index contributed by atoms with van der Waals surface area (Å²) in [7, 11) is -1.62. The maximum atomic E-state index is 9.36. The lowest BCUT2D eigenvalue weighted by Crippen LogP contribution is -2.42. The van der Waals surface area contributed by atoms with Crippen molar-refractivity contribution in [1.29, 1.82) is 0 Å². The molecule has 0 amide bonds. The molecule has 0 saturated heterocycles. The summed E-state index contributed by atoms with van der Waals surface area (Å²) in [5.74, 6) is 0.226. The van der Waals surface area contributed by atoms with Crippen molar-refractivity contribution in [2.75, 3.05) is 6.61 Å². The second-order valence-electron chi connectivity index (χ2n) is 5.79. The third-order valence-corrected chi connectivity index (χ3v) is 7.84. The fourth-order valence-corrected chi connectivity index (χ4v) is 1.81. The van der Waals surface area contributed by atoms with Gasteiger partial charge in [0.05, 0.1) is 6.10 Å². The highest BCUT2D eigenvalue weighted by atomic mass is 28.4. The molecule has 0 aliphatic carbocycles. The quantitative estimate of drug-likeness (QED) is 0.735. The fourth-order valence-electron chi connectivity index (χ4n) is 0.696. The molecule has 86 valence electrons. The van der Waals surface area contributed by atoms with Crippen LogP contribution in [-0.4, -0.2) is 26.1 Å². The Morgan fingerprint density at radius 2 is 1.64 bits per heavy atom. The SMILES string of the molecule is C[C@@H](O)[C@@H](C)CO[Si](C)(C)C(C)(C)C. The van der Waals surface area contributed by atoms with E-state index in [0.29, 0.717) is 6.61 Å². The topological polar surface area (TPSA) is 29.5 Å². The monoisotopic (exact) mass is 218 g/mol. The molecule has 0 aromatic carbocycles. The standard InChI is InChI=1S/C11H26O2Si/c1-9(10(2)12)8-13-14(6,7)11(3,4)5/h9-10,12H,8H2,1-7H3/t9-,10+/m0/s1. The summed E-state index contributed by atoms with van der Waals surface area (Å²) in [6, 6.07) is 0. The van der Waals surface area contributed by atoms with Gasteiger partial charge >= 0.3 is 0 Å². The molecule has 14 heavy (non-hydrogen) atoms. The minimum atomic E-state index is -1.62. The summed E-state index contributed by atoms with van der Waals surface area (Å²) in [5.41, 5.74) is 0. The molecule has 0 aromatic heterocycles. The highest BCUT2D eigenvalue weighted by Crippen LogP contribution is 2.36. The first kappa shape index (κ1) is 14.1. The van der Waals surface area contributed by atoms with E-state index in [4.69, 9.17) is 4.43 Å². The van der Waals surface area contributed by atoms with Gasteiger partial charge in [0.15, 0.2) is 8.32 Å². The molecular weight excluding hydrogens is 192 g/mol. The van der Waals surface area contributed by atoms with Gasteiger partial charge in [-0.15, -0.1) is 0 Å². The van der Waals surface area contributed by atoms with E-state index in [0.717, 1.165) is 0 Å². The van der Waals surface area contributed by atoms with Crippen LogP contribution >= 0.6 is 0 Å². The second-order valence-corrected chi connectivity index (χ2v) is 10.6. The Labute approximate surface area is 89.8 Å². The first-order valence-corrected chi connectivity index (χ1v) is 8.31. The van der Waals surface area contributed by atoms with Gasteiger partial charge in [-0.1, -0.05) is 27.7 Å². The summed E-state index contributed by atoms with van der Waals surface area (Å²) >= 11 is 0. The zero-order chi connectivity index (χ0) is 11.6. The summed E-state index contributed by atoms with van der Waals surface area (Å²) in [5, 5.41) is 9.61. The van der Waals surface area contributed by atoms with E-state index in [9.17, 15) is 5.11 Å². The smallest absolute Gasteiger partial charge is 0.191 e. The van der Waals surface area contributed by atoms with E-state index in [1.807, 2.05) is 13.8 Å². The zero-order valence-electron chi connectivity index (χ0n) is 10.7. The molecule has 3 heteroatoms. The van der Waals surface area contributed by atoms with Gasteiger partial charge < -0.3 is 9.53 Å². The highest BCUT2D eigenvalue weighted by Gasteiger charge is 2.37. The number of hydrogen-bond donors (Lipinski definition) is 1. The van der Waals surface area contributed by atoms with E-state index in [2.05, 4.69) is 33.9 Å². The van der Waals surface area contributed by atoms with Crippen molar-refractivity contribution in [2.24, 2.45) is 5.92 Å². The third-order valence-electron chi connectivity index (χ3n) is 3.34. The van der Waals surface area contributed by atoms with Crippen molar-refractivity contribution in [1.82, 2.24) is 0 Å². The first-order chi connectivity index (χ1) is 6.08. The fraction of sp³-hybridized carbons (Fsp3) is 1.00. The predicted molar refractivity (Wildman–Crippen MR) is 64.0 cm³/mol. The average Bonchev–Trinajstić information content (AvgIpc) is 1.97. The molecule has 0 aromatic rings.